The van der Waals surface area contributed by atoms with Gasteiger partial charge in [-0.3, -0.25) is 0 Å². The summed E-state index contributed by atoms with van der Waals surface area (Å²) in [7, 11) is 0. The average molecular weight is 195 g/mol. The number of nitrogens with one attached hydrogen (secondary N) is 1. The second-order valence-electron chi connectivity index (χ2n) is 2.62. The van der Waals surface area contributed by atoms with Gasteiger partial charge in [0.1, 0.15) is 5.76 Å². The minimum atomic E-state index is 0.758. The number of aromatic nitrogens is 3. The van der Waals surface area contributed by atoms with Gasteiger partial charge >= 0.3 is 0 Å². The number of hydrogen-bond donors (Lipinski definition) is 1. The third kappa shape index (κ3) is 2.12. The van der Waals surface area contributed by atoms with E-state index < -0.39 is 0 Å². The number of thioether (sulfide) groups is 1. The lowest BCUT2D eigenvalue weighted by Gasteiger charge is -1.91. The summed E-state index contributed by atoms with van der Waals surface area (Å²) < 4.78 is 5.05. The first-order valence-electron chi connectivity index (χ1n) is 3.89. The Morgan fingerprint density at radius 3 is 3.15 bits per heavy atom. The van der Waals surface area contributed by atoms with Gasteiger partial charge < -0.3 is 9.51 Å². The molecule has 0 radical (unpaired) electrons. The predicted molar refractivity (Wildman–Crippen MR) is 49.4 cm³/mol. The molecule has 5 heteroatoms. The second kappa shape index (κ2) is 3.66. The van der Waals surface area contributed by atoms with E-state index in [0.717, 1.165) is 22.4 Å². The van der Waals surface area contributed by atoms with E-state index in [1.54, 1.807) is 24.2 Å². The Morgan fingerprint density at radius 2 is 2.54 bits per heavy atom. The van der Waals surface area contributed by atoms with Crippen LogP contribution in [0.2, 0.25) is 0 Å². The lowest BCUT2D eigenvalue weighted by Crippen LogP contribution is -1.77. The Hall–Kier alpha value is -1.23. The first kappa shape index (κ1) is 8.37. The van der Waals surface area contributed by atoms with Crippen LogP contribution in [0.25, 0.3) is 0 Å². The van der Waals surface area contributed by atoms with Crippen molar-refractivity contribution in [1.82, 2.24) is 15.1 Å². The highest BCUT2D eigenvalue weighted by atomic mass is 32.2. The monoisotopic (exact) mass is 195 g/mol. The van der Waals surface area contributed by atoms with Crippen molar-refractivity contribution < 1.29 is 4.52 Å². The van der Waals surface area contributed by atoms with Gasteiger partial charge in [-0.15, -0.1) is 0 Å². The zero-order valence-corrected chi connectivity index (χ0v) is 7.97. The highest BCUT2D eigenvalue weighted by Crippen LogP contribution is 2.18. The van der Waals surface area contributed by atoms with Gasteiger partial charge in [0.25, 0.3) is 0 Å². The lowest BCUT2D eigenvalue weighted by molar-refractivity contribution is 0.391. The summed E-state index contributed by atoms with van der Waals surface area (Å²) in [6.07, 6.45) is 3.53. The van der Waals surface area contributed by atoms with Gasteiger partial charge in [0.2, 0.25) is 0 Å². The number of rotatable bonds is 3. The molecule has 0 amide bonds. The van der Waals surface area contributed by atoms with Crippen LogP contribution < -0.4 is 0 Å². The van der Waals surface area contributed by atoms with Gasteiger partial charge in [-0.25, -0.2) is 4.98 Å². The molecule has 1 N–H and O–H groups in total. The second-order valence-corrected chi connectivity index (χ2v) is 3.58. The molecule has 0 bridgehead atoms. The van der Waals surface area contributed by atoms with E-state index in [1.807, 2.05) is 13.0 Å². The number of aryl methyl sites for hydroxylation is 1. The minimum Gasteiger partial charge on any atom is -0.360 e. The molecule has 0 aliphatic carbocycles. The van der Waals surface area contributed by atoms with Crippen molar-refractivity contribution in [1.29, 1.82) is 0 Å². The van der Waals surface area contributed by atoms with Crippen molar-refractivity contribution in [2.45, 2.75) is 17.8 Å². The van der Waals surface area contributed by atoms with Crippen LogP contribution >= 0.6 is 11.8 Å². The number of H-pyrrole nitrogens is 1. The third-order valence-electron chi connectivity index (χ3n) is 1.50. The zero-order chi connectivity index (χ0) is 9.10. The molecule has 2 heterocycles. The third-order valence-corrected chi connectivity index (χ3v) is 2.43. The maximum absolute atomic E-state index is 5.05. The van der Waals surface area contributed by atoms with Crippen LogP contribution in [0, 0.1) is 6.92 Å². The van der Waals surface area contributed by atoms with Crippen LogP contribution in [0.5, 0.6) is 0 Å². The molecule has 2 aromatic heterocycles. The molecule has 0 unspecified atom stereocenters. The van der Waals surface area contributed by atoms with Crippen LogP contribution in [-0.4, -0.2) is 15.1 Å². The smallest absolute Gasteiger partial charge is 0.165 e. The summed E-state index contributed by atoms with van der Waals surface area (Å²) in [5.74, 6) is 1.63. The van der Waals surface area contributed by atoms with Crippen LogP contribution in [0.3, 0.4) is 0 Å². The predicted octanol–water partition coefficient (Wildman–Crippen LogP) is 2.00. The minimum absolute atomic E-state index is 0.758. The number of hydrogen-bond acceptors (Lipinski definition) is 4. The fraction of sp³-hybridized carbons (Fsp3) is 0.250. The molecular formula is C8H9N3OS. The van der Waals surface area contributed by atoms with E-state index in [4.69, 9.17) is 4.52 Å². The van der Waals surface area contributed by atoms with Gasteiger partial charge in [-0.2, -0.15) is 0 Å². The molecule has 0 aliphatic heterocycles. The maximum atomic E-state index is 5.05. The topological polar surface area (TPSA) is 54.7 Å². The number of imidazole rings is 1. The first-order chi connectivity index (χ1) is 6.34. The zero-order valence-electron chi connectivity index (χ0n) is 7.15. The van der Waals surface area contributed by atoms with Crippen molar-refractivity contribution in [2.24, 2.45) is 0 Å². The Morgan fingerprint density at radius 1 is 1.62 bits per heavy atom. The molecule has 13 heavy (non-hydrogen) atoms. The fourth-order valence-electron chi connectivity index (χ4n) is 0.954. The van der Waals surface area contributed by atoms with Crippen LogP contribution in [-0.2, 0) is 5.75 Å². The number of nitrogens with zero attached hydrogens (tertiary/aromatic N) is 2. The molecule has 0 atom stereocenters. The van der Waals surface area contributed by atoms with Gasteiger partial charge in [0.15, 0.2) is 5.16 Å². The molecule has 0 spiro atoms. The summed E-state index contributed by atoms with van der Waals surface area (Å²) in [6, 6.07) is 1.93. The van der Waals surface area contributed by atoms with Crippen molar-refractivity contribution in [2.75, 3.05) is 0 Å². The molecule has 68 valence electrons. The van der Waals surface area contributed by atoms with Crippen molar-refractivity contribution in [3.63, 3.8) is 0 Å². The normalized spacial score (nSPS) is 10.5. The Labute approximate surface area is 79.7 Å². The van der Waals surface area contributed by atoms with Gasteiger partial charge in [-0.1, -0.05) is 16.9 Å². The van der Waals surface area contributed by atoms with Crippen molar-refractivity contribution in [3.05, 3.63) is 29.9 Å². The summed E-state index contributed by atoms with van der Waals surface area (Å²) in [4.78, 5) is 7.09. The van der Waals surface area contributed by atoms with E-state index in [2.05, 4.69) is 15.1 Å². The molecule has 0 aromatic carbocycles. The van der Waals surface area contributed by atoms with E-state index in [9.17, 15) is 0 Å². The Kier molecular flexibility index (Phi) is 2.35. The first-order valence-corrected chi connectivity index (χ1v) is 4.87. The Bertz CT molecular complexity index is 368. The molecule has 0 saturated heterocycles. The largest absolute Gasteiger partial charge is 0.360 e. The molecule has 0 fully saturated rings. The molecule has 0 saturated carbocycles. The molecule has 4 nitrogen and oxygen atoms in total. The molecular weight excluding hydrogens is 186 g/mol. The highest BCUT2D eigenvalue weighted by Gasteiger charge is 2.02. The van der Waals surface area contributed by atoms with Gasteiger partial charge in [0.05, 0.1) is 11.4 Å². The van der Waals surface area contributed by atoms with E-state index in [0.29, 0.717) is 0 Å². The van der Waals surface area contributed by atoms with Crippen LogP contribution in [0.4, 0.5) is 0 Å². The van der Waals surface area contributed by atoms with Gasteiger partial charge in [-0.05, 0) is 6.92 Å². The highest BCUT2D eigenvalue weighted by molar-refractivity contribution is 7.98. The lowest BCUT2D eigenvalue weighted by atomic mass is 10.4. The van der Waals surface area contributed by atoms with E-state index >= 15 is 0 Å². The standard InChI is InChI=1S/C8H9N3OS/c1-6-4-7(12-11-6)5-13-8-9-2-3-10-8/h2-4H,5H2,1H3,(H,9,10). The summed E-state index contributed by atoms with van der Waals surface area (Å²) in [6.45, 7) is 1.91. The van der Waals surface area contributed by atoms with Crippen LogP contribution in [0.1, 0.15) is 11.5 Å². The quantitative estimate of drug-likeness (QED) is 0.761. The molecule has 0 aliphatic rings. The van der Waals surface area contributed by atoms with Gasteiger partial charge in [0, 0.05) is 18.5 Å². The van der Waals surface area contributed by atoms with Crippen LogP contribution in [0.15, 0.2) is 28.1 Å². The average Bonchev–Trinajstić information content (AvgIpc) is 2.71. The van der Waals surface area contributed by atoms with Crippen molar-refractivity contribution >= 4 is 11.8 Å². The molecule has 2 rings (SSSR count). The summed E-state index contributed by atoms with van der Waals surface area (Å²) >= 11 is 1.59. The summed E-state index contributed by atoms with van der Waals surface area (Å²) in [5, 5.41) is 4.69. The SMILES string of the molecule is Cc1cc(CSc2ncc[nH]2)on1. The maximum Gasteiger partial charge on any atom is 0.165 e. The van der Waals surface area contributed by atoms with E-state index in [-0.39, 0.29) is 0 Å². The molecule has 2 aromatic rings. The summed E-state index contributed by atoms with van der Waals surface area (Å²) in [5.41, 5.74) is 0.912. The Balaban J connectivity index is 1.93. The number of aromatic amines is 1. The van der Waals surface area contributed by atoms with E-state index in [1.165, 1.54) is 0 Å². The fourth-order valence-corrected chi connectivity index (χ4v) is 1.66. The van der Waals surface area contributed by atoms with Crippen molar-refractivity contribution in [3.8, 4) is 0 Å².